The van der Waals surface area contributed by atoms with Crippen molar-refractivity contribution in [1.82, 2.24) is 4.90 Å². The Balaban J connectivity index is 1.64. The Hall–Kier alpha value is -2.20. The maximum Gasteiger partial charge on any atom is 0.495 e. The zero-order chi connectivity index (χ0) is 26.6. The van der Waals surface area contributed by atoms with Crippen LogP contribution in [0.1, 0.15) is 13.3 Å². The van der Waals surface area contributed by atoms with Crippen molar-refractivity contribution in [1.29, 1.82) is 0 Å². The quantitative estimate of drug-likeness (QED) is 0.171. The highest BCUT2D eigenvalue weighted by Gasteiger charge is 2.31. The maximum atomic E-state index is 10.4. The minimum Gasteiger partial charge on any atom is -0.390 e. The third-order valence-corrected chi connectivity index (χ3v) is 13.1. The van der Waals surface area contributed by atoms with E-state index in [0.717, 1.165) is 19.1 Å². The van der Waals surface area contributed by atoms with Crippen molar-refractivity contribution in [2.45, 2.75) is 19.4 Å². The van der Waals surface area contributed by atoms with Gasteiger partial charge in [-0.3, -0.25) is 4.90 Å². The topological polar surface area (TPSA) is 52.9 Å². The summed E-state index contributed by atoms with van der Waals surface area (Å²) in [7, 11) is -4.86. The minimum atomic E-state index is -3.62. The van der Waals surface area contributed by atoms with Crippen LogP contribution in [0.5, 0.6) is 0 Å². The highest BCUT2D eigenvalue weighted by atomic mass is 31.1. The van der Waals surface area contributed by atoms with Gasteiger partial charge >= 0.3 is 8.80 Å². The van der Waals surface area contributed by atoms with E-state index < -0.39 is 24.6 Å². The molecule has 38 heavy (non-hydrogen) atoms. The molecule has 4 aromatic carbocycles. The largest absolute Gasteiger partial charge is 0.495 e. The molecule has 0 saturated carbocycles. The van der Waals surface area contributed by atoms with Crippen LogP contribution in [0.25, 0.3) is 0 Å². The normalized spacial score (nSPS) is 11.9. The smallest absolute Gasteiger partial charge is 0.390 e. The Labute approximate surface area is 230 Å². The lowest BCUT2D eigenvalue weighted by atomic mass is 10.4. The molecule has 198 valence electrons. The Morgan fingerprint density at radius 2 is 0.947 bits per heavy atom. The summed E-state index contributed by atoms with van der Waals surface area (Å²) in [5.74, 6) is 0. The first-order chi connectivity index (χ1) is 18.6. The first kappa shape index (κ1) is 28.8. The second kappa shape index (κ2) is 14.8. The van der Waals surface area contributed by atoms with E-state index in [9.17, 15) is 9.59 Å². The Bertz CT molecular complexity index is 1040. The highest BCUT2D eigenvalue weighted by molar-refractivity contribution is 7.73. The summed E-state index contributed by atoms with van der Waals surface area (Å²) in [6, 6.07) is 43.5. The molecular formula is C31H37NO3P2Si. The lowest BCUT2D eigenvalue weighted by Crippen LogP contribution is -2.40. The molecule has 0 aromatic heterocycles. The van der Waals surface area contributed by atoms with E-state index in [1.807, 2.05) is 0 Å². The zero-order valence-corrected chi connectivity index (χ0v) is 24.7. The monoisotopic (exact) mass is 561 g/mol. The Morgan fingerprint density at radius 3 is 1.26 bits per heavy atom. The average Bonchev–Trinajstić information content (AvgIpc) is 2.96. The molecule has 4 aromatic rings. The third-order valence-electron chi connectivity index (χ3n) is 6.31. The van der Waals surface area contributed by atoms with Gasteiger partial charge in [-0.2, -0.15) is 0 Å². The number of rotatable bonds is 14. The van der Waals surface area contributed by atoms with E-state index in [2.05, 4.69) is 126 Å². The fourth-order valence-corrected chi connectivity index (χ4v) is 10.5. The molecule has 4 nitrogen and oxygen atoms in total. The average molecular weight is 562 g/mol. The molecule has 2 N–H and O–H groups in total. The van der Waals surface area contributed by atoms with Gasteiger partial charge in [0.15, 0.2) is 0 Å². The molecule has 0 aliphatic carbocycles. The molecule has 0 saturated heterocycles. The molecule has 0 radical (unpaired) electrons. The van der Waals surface area contributed by atoms with Gasteiger partial charge in [0.05, 0.1) is 0 Å². The fraction of sp³-hybridized carbons (Fsp3) is 0.226. The van der Waals surface area contributed by atoms with Crippen molar-refractivity contribution in [2.24, 2.45) is 0 Å². The number of hydrogen-bond donors (Lipinski definition) is 2. The predicted octanol–water partition coefficient (Wildman–Crippen LogP) is 4.82. The van der Waals surface area contributed by atoms with Crippen molar-refractivity contribution in [3.8, 4) is 0 Å². The summed E-state index contributed by atoms with van der Waals surface area (Å²) in [5, 5.41) is 5.41. The van der Waals surface area contributed by atoms with Crippen LogP contribution in [0.4, 0.5) is 0 Å². The molecule has 0 heterocycles. The van der Waals surface area contributed by atoms with Gasteiger partial charge in [0, 0.05) is 25.2 Å². The van der Waals surface area contributed by atoms with Gasteiger partial charge in [0.2, 0.25) is 0 Å². The van der Waals surface area contributed by atoms with E-state index >= 15 is 0 Å². The molecule has 4 rings (SSSR count). The van der Waals surface area contributed by atoms with E-state index in [4.69, 9.17) is 4.43 Å². The second-order valence-electron chi connectivity index (χ2n) is 9.16. The fourth-order valence-electron chi connectivity index (χ4n) is 4.48. The van der Waals surface area contributed by atoms with Crippen molar-refractivity contribution in [3.05, 3.63) is 121 Å². The van der Waals surface area contributed by atoms with Crippen LogP contribution in [0.2, 0.25) is 6.04 Å². The molecule has 0 aliphatic rings. The molecule has 0 spiro atoms. The van der Waals surface area contributed by atoms with Crippen LogP contribution in [-0.2, 0) is 4.43 Å². The van der Waals surface area contributed by atoms with E-state index in [-0.39, 0.29) is 0 Å². The predicted molar refractivity (Wildman–Crippen MR) is 166 cm³/mol. The third kappa shape index (κ3) is 8.66. The Kier molecular flexibility index (Phi) is 11.2. The van der Waals surface area contributed by atoms with Crippen LogP contribution in [-0.4, -0.2) is 49.0 Å². The van der Waals surface area contributed by atoms with E-state index in [0.29, 0.717) is 19.1 Å². The summed E-state index contributed by atoms with van der Waals surface area (Å²) < 4.78 is 5.29. The summed E-state index contributed by atoms with van der Waals surface area (Å²) in [6.45, 7) is 2.91. The highest BCUT2D eigenvalue weighted by Crippen LogP contribution is 2.39. The molecule has 0 atom stereocenters. The van der Waals surface area contributed by atoms with Crippen molar-refractivity contribution in [2.75, 3.05) is 25.7 Å². The number of nitrogens with zero attached hydrogens (tertiary/aromatic N) is 1. The van der Waals surface area contributed by atoms with Gasteiger partial charge in [-0.15, -0.1) is 0 Å². The van der Waals surface area contributed by atoms with Gasteiger partial charge < -0.3 is 14.0 Å². The van der Waals surface area contributed by atoms with E-state index in [1.165, 1.54) is 21.2 Å². The minimum absolute atomic E-state index is 0.306. The summed E-state index contributed by atoms with van der Waals surface area (Å²) in [4.78, 5) is 23.3. The first-order valence-electron chi connectivity index (χ1n) is 13.1. The Morgan fingerprint density at radius 1 is 0.605 bits per heavy atom. The molecule has 0 bridgehead atoms. The van der Waals surface area contributed by atoms with Crippen LogP contribution in [0.15, 0.2) is 121 Å². The molecule has 0 unspecified atom stereocenters. The van der Waals surface area contributed by atoms with Crippen molar-refractivity contribution >= 4 is 45.9 Å². The molecule has 0 aliphatic heterocycles. The van der Waals surface area contributed by atoms with Gasteiger partial charge in [-0.1, -0.05) is 121 Å². The first-order valence-corrected chi connectivity index (χ1v) is 18.2. The van der Waals surface area contributed by atoms with Crippen LogP contribution in [0, 0.1) is 0 Å². The summed E-state index contributed by atoms with van der Waals surface area (Å²) >= 11 is 0. The molecule has 0 fully saturated rings. The van der Waals surface area contributed by atoms with E-state index in [1.54, 1.807) is 6.92 Å². The number of hydrogen-bond acceptors (Lipinski definition) is 4. The van der Waals surface area contributed by atoms with Crippen LogP contribution < -0.4 is 21.2 Å². The molecule has 0 amide bonds. The molecular weight excluding hydrogens is 524 g/mol. The lowest BCUT2D eigenvalue weighted by Gasteiger charge is -2.32. The number of benzene rings is 4. The molecule has 7 heteroatoms. The second-order valence-corrected chi connectivity index (χ2v) is 15.8. The van der Waals surface area contributed by atoms with Gasteiger partial charge in [-0.05, 0) is 57.0 Å². The standard InChI is InChI=1S/C31H37NO3P2Si/c1-2-35-38(33,34)25-15-24-32(26-36(28-16-7-3-8-17-28)29-18-9-4-10-19-29)27-37(30-20-11-5-12-21-30)31-22-13-6-14-23-31/h3-14,16-23,33-34H,2,15,24-27H2,1H3. The lowest BCUT2D eigenvalue weighted by molar-refractivity contribution is 0.153. The van der Waals surface area contributed by atoms with Crippen molar-refractivity contribution in [3.63, 3.8) is 0 Å². The summed E-state index contributed by atoms with van der Waals surface area (Å²) in [6.07, 6.45) is 2.49. The maximum absolute atomic E-state index is 10.4. The zero-order valence-electron chi connectivity index (χ0n) is 21.9. The van der Waals surface area contributed by atoms with Crippen LogP contribution >= 0.6 is 15.8 Å². The SMILES string of the molecule is CCO[Si](O)(O)CCCN(CP(c1ccccc1)c1ccccc1)CP(c1ccccc1)c1ccccc1. The van der Waals surface area contributed by atoms with Gasteiger partial charge in [0.25, 0.3) is 0 Å². The van der Waals surface area contributed by atoms with Gasteiger partial charge in [-0.25, -0.2) is 0 Å². The summed E-state index contributed by atoms with van der Waals surface area (Å²) in [5.41, 5.74) is 0. The van der Waals surface area contributed by atoms with Crippen molar-refractivity contribution < 1.29 is 14.0 Å². The van der Waals surface area contributed by atoms with Crippen LogP contribution in [0.3, 0.4) is 0 Å². The van der Waals surface area contributed by atoms with Gasteiger partial charge in [0.1, 0.15) is 0 Å².